The Kier molecular flexibility index (Phi) is 7.43. The van der Waals surface area contributed by atoms with Crippen LogP contribution in [0.1, 0.15) is 25.8 Å². The molecule has 1 rings (SSSR count). The summed E-state index contributed by atoms with van der Waals surface area (Å²) < 4.78 is 0. The van der Waals surface area contributed by atoms with Crippen LogP contribution in [0.25, 0.3) is 0 Å². The molecule has 0 aliphatic rings. The average Bonchev–Trinajstić information content (AvgIpc) is 2.52. The number of nitrogens with zero attached hydrogens (tertiary/aromatic N) is 1. The van der Waals surface area contributed by atoms with Crippen molar-refractivity contribution in [3.63, 3.8) is 0 Å². The number of carbonyl (C=O) groups excluding carboxylic acids is 3. The number of carbonyl (C=O) groups is 3. The number of benzene rings is 1. The van der Waals surface area contributed by atoms with Crippen molar-refractivity contribution in [2.45, 2.75) is 38.8 Å². The minimum absolute atomic E-state index is 0.0807. The number of rotatable bonds is 8. The van der Waals surface area contributed by atoms with E-state index in [9.17, 15) is 14.4 Å². The first kappa shape index (κ1) is 19.2. The van der Waals surface area contributed by atoms with E-state index in [0.29, 0.717) is 0 Å². The molecule has 0 aromatic heterocycles. The first-order valence-corrected chi connectivity index (χ1v) is 7.62. The van der Waals surface area contributed by atoms with E-state index < -0.39 is 29.8 Å². The summed E-state index contributed by atoms with van der Waals surface area (Å²) in [7, 11) is 0. The van der Waals surface area contributed by atoms with E-state index in [0.717, 1.165) is 5.56 Å². The van der Waals surface area contributed by atoms with Gasteiger partial charge in [-0.1, -0.05) is 37.3 Å². The zero-order valence-corrected chi connectivity index (χ0v) is 13.8. The molecule has 0 unspecified atom stereocenters. The molecule has 0 radical (unpaired) electrons. The molecule has 0 aliphatic heterocycles. The molecule has 7 nitrogen and oxygen atoms in total. The molecule has 0 aliphatic carbocycles. The van der Waals surface area contributed by atoms with E-state index in [1.165, 1.54) is 6.92 Å². The predicted octanol–water partition coefficient (Wildman–Crippen LogP) is 0.254. The zero-order chi connectivity index (χ0) is 18.1. The van der Waals surface area contributed by atoms with Crippen LogP contribution in [0.4, 0.5) is 0 Å². The Bertz CT molecular complexity index is 624. The second-order valence-corrected chi connectivity index (χ2v) is 5.67. The van der Waals surface area contributed by atoms with Crippen LogP contribution < -0.4 is 16.4 Å². The Morgan fingerprint density at radius 2 is 1.83 bits per heavy atom. The third kappa shape index (κ3) is 6.08. The third-order valence-electron chi connectivity index (χ3n) is 3.56. The monoisotopic (exact) mass is 330 g/mol. The average molecular weight is 330 g/mol. The van der Waals surface area contributed by atoms with E-state index in [1.54, 1.807) is 6.92 Å². The Morgan fingerprint density at radius 1 is 1.21 bits per heavy atom. The minimum Gasteiger partial charge on any atom is -0.368 e. The van der Waals surface area contributed by atoms with Crippen molar-refractivity contribution >= 4 is 17.7 Å². The normalized spacial score (nSPS) is 13.9. The summed E-state index contributed by atoms with van der Waals surface area (Å²) in [6, 6.07) is 9.34. The molecule has 7 heteroatoms. The van der Waals surface area contributed by atoms with Crippen LogP contribution >= 0.6 is 0 Å². The van der Waals surface area contributed by atoms with Gasteiger partial charge < -0.3 is 16.4 Å². The smallest absolute Gasteiger partial charge is 0.243 e. The van der Waals surface area contributed by atoms with E-state index in [4.69, 9.17) is 11.0 Å². The first-order valence-electron chi connectivity index (χ1n) is 7.62. The number of nitrogens with two attached hydrogens (primary N) is 1. The van der Waals surface area contributed by atoms with Crippen molar-refractivity contribution in [2.75, 3.05) is 0 Å². The van der Waals surface area contributed by atoms with Crippen LogP contribution in [0.2, 0.25) is 0 Å². The maximum atomic E-state index is 12.5. The van der Waals surface area contributed by atoms with Crippen LogP contribution in [-0.4, -0.2) is 29.8 Å². The highest BCUT2D eigenvalue weighted by Gasteiger charge is 2.28. The zero-order valence-electron chi connectivity index (χ0n) is 13.8. The molecule has 0 saturated heterocycles. The van der Waals surface area contributed by atoms with Gasteiger partial charge in [-0.3, -0.25) is 14.4 Å². The van der Waals surface area contributed by atoms with Crippen LogP contribution in [0.5, 0.6) is 0 Å². The van der Waals surface area contributed by atoms with Crippen LogP contribution in [0, 0.1) is 17.2 Å². The van der Waals surface area contributed by atoms with Gasteiger partial charge in [0.1, 0.15) is 12.1 Å². The Labute approximate surface area is 141 Å². The lowest BCUT2D eigenvalue weighted by Gasteiger charge is -2.24. The molecule has 1 aromatic rings. The van der Waals surface area contributed by atoms with Crippen molar-refractivity contribution in [1.29, 1.82) is 5.26 Å². The molecule has 3 atom stereocenters. The molecule has 0 bridgehead atoms. The number of hydrogen-bond donors (Lipinski definition) is 3. The van der Waals surface area contributed by atoms with Gasteiger partial charge in [-0.25, -0.2) is 0 Å². The summed E-state index contributed by atoms with van der Waals surface area (Å²) in [5, 5.41) is 13.9. The standard InChI is InChI=1S/C17H22N4O3/c1-11(8-9-18)15(16(19)23)21-17(24)14(20-12(2)22)10-13-6-4-3-5-7-13/h3-7,11,14-15H,8,10H2,1-2H3,(H2,19,23)(H,20,22)(H,21,24)/t11-,14-,15-/m0/s1. The summed E-state index contributed by atoms with van der Waals surface area (Å²) in [6.07, 6.45) is 0.363. The van der Waals surface area contributed by atoms with Gasteiger partial charge in [0.25, 0.3) is 0 Å². The van der Waals surface area contributed by atoms with Gasteiger partial charge in [0.2, 0.25) is 17.7 Å². The quantitative estimate of drug-likeness (QED) is 0.632. The van der Waals surface area contributed by atoms with Gasteiger partial charge in [-0.05, 0) is 11.5 Å². The summed E-state index contributed by atoms with van der Waals surface area (Å²) >= 11 is 0. The largest absolute Gasteiger partial charge is 0.368 e. The SMILES string of the molecule is CC(=O)N[C@@H](Cc1ccccc1)C(=O)N[C@H](C(N)=O)[C@@H](C)CC#N. The van der Waals surface area contributed by atoms with Crippen molar-refractivity contribution in [1.82, 2.24) is 10.6 Å². The highest BCUT2D eigenvalue weighted by molar-refractivity contribution is 5.91. The fraction of sp³-hybridized carbons (Fsp3) is 0.412. The highest BCUT2D eigenvalue weighted by atomic mass is 16.2. The summed E-state index contributed by atoms with van der Waals surface area (Å²) in [6.45, 7) is 2.97. The second kappa shape index (κ2) is 9.30. The van der Waals surface area contributed by atoms with E-state index in [1.807, 2.05) is 36.4 Å². The van der Waals surface area contributed by atoms with Gasteiger partial charge in [0.15, 0.2) is 0 Å². The molecule has 128 valence electrons. The Morgan fingerprint density at radius 3 is 2.33 bits per heavy atom. The van der Waals surface area contributed by atoms with Crippen LogP contribution in [0.15, 0.2) is 30.3 Å². The molecular weight excluding hydrogens is 308 g/mol. The first-order chi connectivity index (χ1) is 11.3. The van der Waals surface area contributed by atoms with E-state index >= 15 is 0 Å². The van der Waals surface area contributed by atoms with Gasteiger partial charge in [-0.2, -0.15) is 5.26 Å². The third-order valence-corrected chi connectivity index (χ3v) is 3.56. The predicted molar refractivity (Wildman–Crippen MR) is 88.3 cm³/mol. The van der Waals surface area contributed by atoms with Crippen molar-refractivity contribution in [3.05, 3.63) is 35.9 Å². The van der Waals surface area contributed by atoms with Gasteiger partial charge >= 0.3 is 0 Å². The number of hydrogen-bond acceptors (Lipinski definition) is 4. The van der Waals surface area contributed by atoms with Crippen molar-refractivity contribution in [2.24, 2.45) is 11.7 Å². The summed E-state index contributed by atoms with van der Waals surface area (Å²) in [5.74, 6) is -2.01. The molecule has 24 heavy (non-hydrogen) atoms. The summed E-state index contributed by atoms with van der Waals surface area (Å²) in [5.41, 5.74) is 6.19. The van der Waals surface area contributed by atoms with E-state index in [-0.39, 0.29) is 18.7 Å². The number of amides is 3. The van der Waals surface area contributed by atoms with Crippen molar-refractivity contribution in [3.8, 4) is 6.07 Å². The highest BCUT2D eigenvalue weighted by Crippen LogP contribution is 2.09. The van der Waals surface area contributed by atoms with Crippen molar-refractivity contribution < 1.29 is 14.4 Å². The fourth-order valence-electron chi connectivity index (χ4n) is 2.31. The molecule has 0 fully saturated rings. The van der Waals surface area contributed by atoms with E-state index in [2.05, 4.69) is 10.6 Å². The lowest BCUT2D eigenvalue weighted by atomic mass is 9.97. The lowest BCUT2D eigenvalue weighted by molar-refractivity contribution is -0.131. The minimum atomic E-state index is -0.968. The Balaban J connectivity index is 2.88. The maximum absolute atomic E-state index is 12.5. The number of nitrogens with one attached hydrogen (secondary N) is 2. The maximum Gasteiger partial charge on any atom is 0.243 e. The second-order valence-electron chi connectivity index (χ2n) is 5.67. The lowest BCUT2D eigenvalue weighted by Crippen LogP contribution is -2.55. The topological polar surface area (TPSA) is 125 Å². The molecule has 0 heterocycles. The Hall–Kier alpha value is -2.88. The number of primary amides is 1. The molecular formula is C17H22N4O3. The van der Waals surface area contributed by atoms with Gasteiger partial charge in [0, 0.05) is 19.8 Å². The molecule has 0 saturated carbocycles. The molecule has 3 amide bonds. The molecule has 0 spiro atoms. The van der Waals surface area contributed by atoms with Gasteiger partial charge in [-0.15, -0.1) is 0 Å². The molecule has 4 N–H and O–H groups in total. The van der Waals surface area contributed by atoms with Crippen LogP contribution in [0.3, 0.4) is 0 Å². The van der Waals surface area contributed by atoms with Crippen LogP contribution in [-0.2, 0) is 20.8 Å². The number of nitriles is 1. The summed E-state index contributed by atoms with van der Waals surface area (Å²) in [4.78, 5) is 35.4. The fourth-order valence-corrected chi connectivity index (χ4v) is 2.31. The van der Waals surface area contributed by atoms with Gasteiger partial charge in [0.05, 0.1) is 6.07 Å². The molecule has 1 aromatic carbocycles.